The molecule has 128 valence electrons. The van der Waals surface area contributed by atoms with Gasteiger partial charge in [0.15, 0.2) is 5.11 Å². The molecule has 2 aromatic rings. The molecule has 1 atom stereocenters. The Bertz CT molecular complexity index is 721. The summed E-state index contributed by atoms with van der Waals surface area (Å²) in [7, 11) is 0. The molecular formula is C19H22F2N2S. The first-order valence-corrected chi connectivity index (χ1v) is 8.20. The van der Waals surface area contributed by atoms with Gasteiger partial charge in [-0.3, -0.25) is 0 Å². The van der Waals surface area contributed by atoms with E-state index >= 15 is 0 Å². The van der Waals surface area contributed by atoms with E-state index in [-0.39, 0.29) is 22.3 Å². The van der Waals surface area contributed by atoms with Crippen LogP contribution in [0.5, 0.6) is 0 Å². The van der Waals surface area contributed by atoms with Crippen molar-refractivity contribution in [2.45, 2.75) is 39.2 Å². The van der Waals surface area contributed by atoms with Crippen LogP contribution in [-0.4, -0.2) is 5.11 Å². The number of rotatable bonds is 3. The fraction of sp³-hybridized carbons (Fsp3) is 0.316. The quantitative estimate of drug-likeness (QED) is 0.735. The van der Waals surface area contributed by atoms with Crippen molar-refractivity contribution in [2.24, 2.45) is 0 Å². The predicted octanol–water partition coefficient (Wildman–Crippen LogP) is 5.31. The second-order valence-corrected chi connectivity index (χ2v) is 7.22. The Morgan fingerprint density at radius 1 is 1.04 bits per heavy atom. The highest BCUT2D eigenvalue weighted by Gasteiger charge is 2.14. The first-order chi connectivity index (χ1) is 11.2. The Hall–Kier alpha value is -2.01. The van der Waals surface area contributed by atoms with E-state index in [0.717, 1.165) is 11.6 Å². The van der Waals surface area contributed by atoms with E-state index in [9.17, 15) is 8.78 Å². The van der Waals surface area contributed by atoms with Gasteiger partial charge in [-0.25, -0.2) is 8.78 Å². The molecule has 2 rings (SSSR count). The van der Waals surface area contributed by atoms with Crippen LogP contribution in [0.2, 0.25) is 0 Å². The topological polar surface area (TPSA) is 24.1 Å². The number of benzene rings is 2. The van der Waals surface area contributed by atoms with Crippen molar-refractivity contribution in [1.82, 2.24) is 5.32 Å². The van der Waals surface area contributed by atoms with E-state index in [2.05, 4.69) is 55.7 Å². The highest BCUT2D eigenvalue weighted by atomic mass is 32.1. The summed E-state index contributed by atoms with van der Waals surface area (Å²) in [5.74, 6) is -1.30. The summed E-state index contributed by atoms with van der Waals surface area (Å²) in [4.78, 5) is 0. The Morgan fingerprint density at radius 2 is 1.67 bits per heavy atom. The van der Waals surface area contributed by atoms with Gasteiger partial charge in [0.25, 0.3) is 0 Å². The Labute approximate surface area is 147 Å². The smallest absolute Gasteiger partial charge is 0.171 e. The monoisotopic (exact) mass is 348 g/mol. The minimum absolute atomic E-state index is 0.0393. The van der Waals surface area contributed by atoms with Crippen molar-refractivity contribution in [3.8, 4) is 0 Å². The SMILES string of the molecule is C[C@H](NC(=S)Nc1ccc(F)cc1F)c1ccc(C(C)(C)C)cc1. The molecule has 2 nitrogen and oxygen atoms in total. The van der Waals surface area contributed by atoms with E-state index in [1.54, 1.807) is 0 Å². The normalized spacial score (nSPS) is 12.6. The van der Waals surface area contributed by atoms with E-state index < -0.39 is 11.6 Å². The molecule has 0 unspecified atom stereocenters. The summed E-state index contributed by atoms with van der Waals surface area (Å²) in [6.07, 6.45) is 0. The molecule has 0 fully saturated rings. The van der Waals surface area contributed by atoms with Gasteiger partial charge in [-0.05, 0) is 47.8 Å². The van der Waals surface area contributed by atoms with Crippen molar-refractivity contribution in [3.63, 3.8) is 0 Å². The largest absolute Gasteiger partial charge is 0.356 e. The van der Waals surface area contributed by atoms with Gasteiger partial charge in [0.05, 0.1) is 11.7 Å². The van der Waals surface area contributed by atoms with Gasteiger partial charge in [0.1, 0.15) is 11.6 Å². The molecule has 2 N–H and O–H groups in total. The molecule has 0 amide bonds. The van der Waals surface area contributed by atoms with Gasteiger partial charge in [0, 0.05) is 6.07 Å². The van der Waals surface area contributed by atoms with Gasteiger partial charge in [0.2, 0.25) is 0 Å². The van der Waals surface area contributed by atoms with Crippen molar-refractivity contribution >= 4 is 23.0 Å². The van der Waals surface area contributed by atoms with Crippen LogP contribution in [-0.2, 0) is 5.41 Å². The van der Waals surface area contributed by atoms with Crippen LogP contribution in [0.3, 0.4) is 0 Å². The molecule has 0 aliphatic heterocycles. The third kappa shape index (κ3) is 4.74. The lowest BCUT2D eigenvalue weighted by atomic mass is 9.86. The maximum atomic E-state index is 13.6. The fourth-order valence-corrected chi connectivity index (χ4v) is 2.59. The summed E-state index contributed by atoms with van der Waals surface area (Å²) in [6, 6.07) is 11.6. The Balaban J connectivity index is 2.01. The van der Waals surface area contributed by atoms with Crippen LogP contribution < -0.4 is 10.6 Å². The Morgan fingerprint density at radius 3 is 2.21 bits per heavy atom. The number of anilines is 1. The second-order valence-electron chi connectivity index (χ2n) is 6.82. The van der Waals surface area contributed by atoms with Crippen molar-refractivity contribution in [1.29, 1.82) is 0 Å². The molecule has 0 saturated heterocycles. The van der Waals surface area contributed by atoms with Gasteiger partial charge < -0.3 is 10.6 Å². The zero-order valence-electron chi connectivity index (χ0n) is 14.3. The standard InChI is InChI=1S/C19H22F2N2S/c1-12(13-5-7-14(8-6-13)19(2,3)4)22-18(24)23-17-10-9-15(20)11-16(17)21/h5-12H,1-4H3,(H2,22,23,24)/t12-/m0/s1. The number of thiocarbonyl (C=S) groups is 1. The summed E-state index contributed by atoms with van der Waals surface area (Å²) >= 11 is 5.21. The lowest BCUT2D eigenvalue weighted by Crippen LogP contribution is -2.31. The second kappa shape index (κ2) is 7.26. The number of halogens is 2. The summed E-state index contributed by atoms with van der Waals surface area (Å²) < 4.78 is 26.6. The molecule has 0 aromatic heterocycles. The van der Waals surface area contributed by atoms with E-state index in [4.69, 9.17) is 12.2 Å². The zero-order valence-corrected chi connectivity index (χ0v) is 15.1. The lowest BCUT2D eigenvalue weighted by Gasteiger charge is -2.21. The average molecular weight is 348 g/mol. The molecule has 24 heavy (non-hydrogen) atoms. The first-order valence-electron chi connectivity index (χ1n) is 7.80. The highest BCUT2D eigenvalue weighted by molar-refractivity contribution is 7.80. The van der Waals surface area contributed by atoms with Crippen LogP contribution in [0.4, 0.5) is 14.5 Å². The van der Waals surface area contributed by atoms with Crippen molar-refractivity contribution in [2.75, 3.05) is 5.32 Å². The molecule has 0 radical (unpaired) electrons. The summed E-state index contributed by atoms with van der Waals surface area (Å²) in [5.41, 5.74) is 2.58. The number of nitrogens with one attached hydrogen (secondary N) is 2. The summed E-state index contributed by atoms with van der Waals surface area (Å²) in [6.45, 7) is 8.47. The average Bonchev–Trinajstić information content (AvgIpc) is 2.49. The molecule has 2 aromatic carbocycles. The molecule has 0 heterocycles. The Kier molecular flexibility index (Phi) is 5.54. The van der Waals surface area contributed by atoms with Crippen LogP contribution >= 0.6 is 12.2 Å². The van der Waals surface area contributed by atoms with Crippen LogP contribution in [0, 0.1) is 11.6 Å². The predicted molar refractivity (Wildman–Crippen MR) is 99.3 cm³/mol. The third-order valence-corrected chi connectivity index (χ3v) is 4.02. The van der Waals surface area contributed by atoms with Gasteiger partial charge in [-0.1, -0.05) is 45.0 Å². The van der Waals surface area contributed by atoms with Gasteiger partial charge in [-0.2, -0.15) is 0 Å². The van der Waals surface area contributed by atoms with E-state index in [1.165, 1.54) is 17.7 Å². The maximum Gasteiger partial charge on any atom is 0.171 e. The molecule has 0 aliphatic rings. The number of hydrogen-bond acceptors (Lipinski definition) is 1. The highest BCUT2D eigenvalue weighted by Crippen LogP contribution is 2.24. The van der Waals surface area contributed by atoms with Crippen LogP contribution in [0.15, 0.2) is 42.5 Å². The van der Waals surface area contributed by atoms with Gasteiger partial charge >= 0.3 is 0 Å². The van der Waals surface area contributed by atoms with Gasteiger partial charge in [-0.15, -0.1) is 0 Å². The summed E-state index contributed by atoms with van der Waals surface area (Å²) in [5, 5.41) is 6.14. The molecular weight excluding hydrogens is 326 g/mol. The first kappa shape index (κ1) is 18.3. The van der Waals surface area contributed by atoms with E-state index in [0.29, 0.717) is 0 Å². The fourth-order valence-electron chi connectivity index (χ4n) is 2.30. The molecule has 0 spiro atoms. The van der Waals surface area contributed by atoms with E-state index in [1.807, 2.05) is 6.92 Å². The molecule has 5 heteroatoms. The lowest BCUT2D eigenvalue weighted by molar-refractivity contribution is 0.586. The zero-order chi connectivity index (χ0) is 17.9. The van der Waals surface area contributed by atoms with Crippen molar-refractivity contribution in [3.05, 3.63) is 65.2 Å². The minimum atomic E-state index is -0.679. The molecule has 0 saturated carbocycles. The minimum Gasteiger partial charge on any atom is -0.356 e. The third-order valence-electron chi connectivity index (χ3n) is 3.80. The number of hydrogen-bond donors (Lipinski definition) is 2. The molecule has 0 aliphatic carbocycles. The maximum absolute atomic E-state index is 13.6. The molecule has 0 bridgehead atoms. The van der Waals surface area contributed by atoms with Crippen molar-refractivity contribution < 1.29 is 8.78 Å². The van der Waals surface area contributed by atoms with Crippen LogP contribution in [0.25, 0.3) is 0 Å². The van der Waals surface area contributed by atoms with Crippen LogP contribution in [0.1, 0.15) is 44.9 Å².